The average Bonchev–Trinajstić information content (AvgIpc) is 2.65. The summed E-state index contributed by atoms with van der Waals surface area (Å²) >= 11 is 0. The number of amides is 1. The number of fused-ring (bicyclic) bond motifs is 3. The van der Waals surface area contributed by atoms with E-state index >= 15 is 0 Å². The number of carbonyl (C=O) groups excluding carboxylic acids is 2. The highest BCUT2D eigenvalue weighted by Gasteiger charge is 2.49. The van der Waals surface area contributed by atoms with E-state index in [-0.39, 0.29) is 11.7 Å². The third-order valence-electron chi connectivity index (χ3n) is 3.31. The van der Waals surface area contributed by atoms with Crippen LogP contribution >= 0.6 is 0 Å². The molecule has 3 nitrogen and oxygen atoms in total. The fourth-order valence-corrected chi connectivity index (χ4v) is 2.35. The molecule has 0 atom stereocenters. The first kappa shape index (κ1) is 9.33. The SMILES string of the molecule is CC1(C)C(=O)C=C2c3ccccc3C(=O)N21. The molecule has 0 fully saturated rings. The fourth-order valence-electron chi connectivity index (χ4n) is 2.35. The van der Waals surface area contributed by atoms with Crippen molar-refractivity contribution in [3.05, 3.63) is 41.5 Å². The summed E-state index contributed by atoms with van der Waals surface area (Å²) in [5.41, 5.74) is 1.56. The molecule has 0 N–H and O–H groups in total. The molecule has 0 saturated heterocycles. The number of benzene rings is 1. The molecule has 0 radical (unpaired) electrons. The van der Waals surface area contributed by atoms with Gasteiger partial charge in [0.25, 0.3) is 5.91 Å². The van der Waals surface area contributed by atoms with Gasteiger partial charge in [0, 0.05) is 17.2 Å². The molecule has 0 bridgehead atoms. The Hall–Kier alpha value is -1.90. The van der Waals surface area contributed by atoms with E-state index in [9.17, 15) is 9.59 Å². The van der Waals surface area contributed by atoms with Gasteiger partial charge in [-0.15, -0.1) is 0 Å². The van der Waals surface area contributed by atoms with Gasteiger partial charge in [0.05, 0.1) is 5.70 Å². The largest absolute Gasteiger partial charge is 0.295 e. The molecule has 3 heteroatoms. The lowest BCUT2D eigenvalue weighted by atomic mass is 9.99. The minimum absolute atomic E-state index is 0.00893. The molecule has 1 amide bonds. The van der Waals surface area contributed by atoms with E-state index in [4.69, 9.17) is 0 Å². The highest BCUT2D eigenvalue weighted by molar-refractivity contribution is 6.20. The van der Waals surface area contributed by atoms with E-state index in [1.54, 1.807) is 30.9 Å². The van der Waals surface area contributed by atoms with Crippen molar-refractivity contribution in [2.24, 2.45) is 0 Å². The van der Waals surface area contributed by atoms with E-state index in [0.29, 0.717) is 5.56 Å². The summed E-state index contributed by atoms with van der Waals surface area (Å²) < 4.78 is 0. The van der Waals surface area contributed by atoms with E-state index in [1.165, 1.54) is 0 Å². The molecule has 2 aliphatic rings. The Morgan fingerprint density at radius 1 is 1.06 bits per heavy atom. The Morgan fingerprint density at radius 2 is 1.69 bits per heavy atom. The van der Waals surface area contributed by atoms with Crippen molar-refractivity contribution in [2.45, 2.75) is 19.4 Å². The second kappa shape index (κ2) is 2.61. The van der Waals surface area contributed by atoms with Crippen LogP contribution in [-0.4, -0.2) is 22.1 Å². The molecule has 1 aromatic carbocycles. The van der Waals surface area contributed by atoms with Crippen molar-refractivity contribution in [3.8, 4) is 0 Å². The number of rotatable bonds is 0. The van der Waals surface area contributed by atoms with Crippen LogP contribution < -0.4 is 0 Å². The molecule has 80 valence electrons. The topological polar surface area (TPSA) is 37.4 Å². The minimum atomic E-state index is -0.745. The maximum Gasteiger partial charge on any atom is 0.259 e. The van der Waals surface area contributed by atoms with Gasteiger partial charge < -0.3 is 0 Å². The van der Waals surface area contributed by atoms with Gasteiger partial charge in [-0.25, -0.2) is 0 Å². The molecule has 0 unspecified atom stereocenters. The number of hydrogen-bond donors (Lipinski definition) is 0. The van der Waals surface area contributed by atoms with E-state index in [0.717, 1.165) is 11.3 Å². The quantitative estimate of drug-likeness (QED) is 0.659. The lowest BCUT2D eigenvalue weighted by molar-refractivity contribution is -0.120. The number of hydrogen-bond acceptors (Lipinski definition) is 2. The van der Waals surface area contributed by atoms with Gasteiger partial charge in [0.2, 0.25) is 0 Å². The third kappa shape index (κ3) is 0.883. The fraction of sp³-hybridized carbons (Fsp3) is 0.231. The van der Waals surface area contributed by atoms with Gasteiger partial charge in [-0.3, -0.25) is 14.5 Å². The van der Waals surface area contributed by atoms with Crippen LogP contribution in [0.4, 0.5) is 0 Å². The molecule has 2 heterocycles. The third-order valence-corrected chi connectivity index (χ3v) is 3.31. The maximum atomic E-state index is 12.2. The molecule has 3 rings (SSSR count). The summed E-state index contributed by atoms with van der Waals surface area (Å²) in [7, 11) is 0. The Labute approximate surface area is 93.4 Å². The number of nitrogens with zero attached hydrogens (tertiary/aromatic N) is 1. The van der Waals surface area contributed by atoms with Crippen molar-refractivity contribution >= 4 is 17.4 Å². The van der Waals surface area contributed by atoms with Crippen molar-refractivity contribution in [1.82, 2.24) is 4.90 Å². The first-order valence-electron chi connectivity index (χ1n) is 5.23. The van der Waals surface area contributed by atoms with E-state index < -0.39 is 5.54 Å². The van der Waals surface area contributed by atoms with E-state index in [1.807, 2.05) is 18.2 Å². The molecule has 2 aliphatic heterocycles. The molecule has 0 spiro atoms. The summed E-state index contributed by atoms with van der Waals surface area (Å²) in [5, 5.41) is 0. The zero-order valence-electron chi connectivity index (χ0n) is 9.15. The van der Waals surface area contributed by atoms with Crippen LogP contribution in [0.5, 0.6) is 0 Å². The molecular weight excluding hydrogens is 202 g/mol. The molecule has 0 aliphatic carbocycles. The normalized spacial score (nSPS) is 20.9. The van der Waals surface area contributed by atoms with Crippen molar-refractivity contribution in [1.29, 1.82) is 0 Å². The first-order chi connectivity index (χ1) is 7.53. The predicted molar refractivity (Wildman–Crippen MR) is 59.7 cm³/mol. The Kier molecular flexibility index (Phi) is 1.52. The highest BCUT2D eigenvalue weighted by Crippen LogP contribution is 2.42. The average molecular weight is 213 g/mol. The zero-order valence-corrected chi connectivity index (χ0v) is 9.15. The molecule has 0 aromatic heterocycles. The van der Waals surface area contributed by atoms with Crippen LogP contribution in [-0.2, 0) is 4.79 Å². The minimum Gasteiger partial charge on any atom is -0.295 e. The Balaban J connectivity index is 2.28. The van der Waals surface area contributed by atoms with E-state index in [2.05, 4.69) is 0 Å². The summed E-state index contributed by atoms with van der Waals surface area (Å²) in [6.45, 7) is 3.56. The molecule has 16 heavy (non-hydrogen) atoms. The van der Waals surface area contributed by atoms with Crippen molar-refractivity contribution in [2.75, 3.05) is 0 Å². The van der Waals surface area contributed by atoms with Crippen LogP contribution in [0.25, 0.3) is 5.70 Å². The van der Waals surface area contributed by atoms with Crippen LogP contribution in [0.2, 0.25) is 0 Å². The van der Waals surface area contributed by atoms with Gasteiger partial charge in [0.15, 0.2) is 5.78 Å². The zero-order chi connectivity index (χ0) is 11.5. The van der Waals surface area contributed by atoms with Crippen molar-refractivity contribution in [3.63, 3.8) is 0 Å². The van der Waals surface area contributed by atoms with Crippen LogP contribution in [0, 0.1) is 0 Å². The monoisotopic (exact) mass is 213 g/mol. The first-order valence-corrected chi connectivity index (χ1v) is 5.23. The van der Waals surface area contributed by atoms with Crippen LogP contribution in [0.1, 0.15) is 29.8 Å². The van der Waals surface area contributed by atoms with Gasteiger partial charge >= 0.3 is 0 Å². The predicted octanol–water partition coefficient (Wildman–Crippen LogP) is 1.84. The summed E-state index contributed by atoms with van der Waals surface area (Å²) in [4.78, 5) is 25.6. The smallest absolute Gasteiger partial charge is 0.259 e. The Bertz CT molecular complexity index is 555. The molecule has 0 saturated carbocycles. The van der Waals surface area contributed by atoms with Crippen LogP contribution in [0.15, 0.2) is 30.3 Å². The second-order valence-electron chi connectivity index (χ2n) is 4.64. The summed E-state index contributed by atoms with van der Waals surface area (Å²) in [5.74, 6) is -0.0805. The lowest BCUT2D eigenvalue weighted by Crippen LogP contribution is -2.44. The highest BCUT2D eigenvalue weighted by atomic mass is 16.2. The molecular formula is C13H11NO2. The lowest BCUT2D eigenvalue weighted by Gasteiger charge is -2.28. The summed E-state index contributed by atoms with van der Waals surface area (Å²) in [6, 6.07) is 7.41. The maximum absolute atomic E-state index is 12.2. The number of ketones is 1. The second-order valence-corrected chi connectivity index (χ2v) is 4.64. The molecule has 1 aromatic rings. The van der Waals surface area contributed by atoms with Crippen molar-refractivity contribution < 1.29 is 9.59 Å². The number of carbonyl (C=O) groups is 2. The summed E-state index contributed by atoms with van der Waals surface area (Å²) in [6.07, 6.45) is 1.57. The van der Waals surface area contributed by atoms with Crippen LogP contribution in [0.3, 0.4) is 0 Å². The van der Waals surface area contributed by atoms with Gasteiger partial charge in [-0.2, -0.15) is 0 Å². The Morgan fingerprint density at radius 3 is 2.38 bits per heavy atom. The van der Waals surface area contributed by atoms with Gasteiger partial charge in [0.1, 0.15) is 5.54 Å². The van der Waals surface area contributed by atoms with Gasteiger partial charge in [-0.05, 0) is 19.9 Å². The standard InChI is InChI=1S/C13H11NO2/c1-13(2)11(15)7-10-8-5-3-4-6-9(8)12(16)14(10)13/h3-7H,1-2H3. The van der Waals surface area contributed by atoms with Gasteiger partial charge in [-0.1, -0.05) is 18.2 Å².